The van der Waals surface area contributed by atoms with E-state index in [1.807, 2.05) is 19.1 Å². The third kappa shape index (κ3) is 4.61. The van der Waals surface area contributed by atoms with Gasteiger partial charge in [-0.2, -0.15) is 0 Å². The molecule has 4 nitrogen and oxygen atoms in total. The number of amides is 1. The molecule has 0 unspecified atom stereocenters. The largest absolute Gasteiger partial charge is 0.384 e. The quantitative estimate of drug-likeness (QED) is 0.879. The number of nitrogen functional groups attached to an aromatic ring is 1. The van der Waals surface area contributed by atoms with E-state index in [0.717, 1.165) is 16.8 Å². The molecular formula is C16H16Cl2N3O. The predicted molar refractivity (Wildman–Crippen MR) is 89.7 cm³/mol. The molecule has 0 aliphatic rings. The molecular weight excluding hydrogens is 321 g/mol. The average Bonchev–Trinajstić information content (AvgIpc) is 2.47. The molecule has 6 heteroatoms. The highest BCUT2D eigenvalue weighted by atomic mass is 35.5. The zero-order chi connectivity index (χ0) is 16.1. The van der Waals surface area contributed by atoms with Gasteiger partial charge >= 0.3 is 0 Å². The summed E-state index contributed by atoms with van der Waals surface area (Å²) in [6.07, 6.45) is 2.06. The van der Waals surface area contributed by atoms with E-state index in [1.54, 1.807) is 24.6 Å². The van der Waals surface area contributed by atoms with Crippen LogP contribution in [0, 0.1) is 13.3 Å². The molecule has 115 valence electrons. The predicted octanol–water partition coefficient (Wildman–Crippen LogP) is 3.34. The molecule has 0 aliphatic heterocycles. The van der Waals surface area contributed by atoms with E-state index in [2.05, 4.69) is 10.3 Å². The van der Waals surface area contributed by atoms with Crippen molar-refractivity contribution < 1.29 is 4.79 Å². The number of hydrogen-bond donors (Lipinski definition) is 2. The van der Waals surface area contributed by atoms with Crippen LogP contribution in [0.4, 0.5) is 5.82 Å². The minimum absolute atomic E-state index is 0.151. The average molecular weight is 337 g/mol. The second-order valence-corrected chi connectivity index (χ2v) is 5.67. The summed E-state index contributed by atoms with van der Waals surface area (Å²) < 4.78 is 0. The molecule has 0 bridgehead atoms. The van der Waals surface area contributed by atoms with Gasteiger partial charge in [0.15, 0.2) is 0 Å². The molecule has 0 saturated heterocycles. The first-order valence-corrected chi connectivity index (χ1v) is 7.48. The number of aromatic nitrogens is 1. The van der Waals surface area contributed by atoms with Crippen molar-refractivity contribution in [3.63, 3.8) is 0 Å². The lowest BCUT2D eigenvalue weighted by atomic mass is 10.1. The standard InChI is InChI=1S/C16H16Cl2N3O/c1-10-12(4-6-15(19)21-10)9-20-16(22)7-3-11-2-5-13(17)14(18)8-11/h2,4-8H,3,9H2,1H3,(H2,19,21)(H,20,22). The van der Waals surface area contributed by atoms with Crippen molar-refractivity contribution in [3.05, 3.63) is 63.6 Å². The molecule has 1 amide bonds. The van der Waals surface area contributed by atoms with E-state index in [0.29, 0.717) is 28.8 Å². The van der Waals surface area contributed by atoms with Gasteiger partial charge in [-0.15, -0.1) is 0 Å². The number of carbonyl (C=O) groups is 1. The summed E-state index contributed by atoms with van der Waals surface area (Å²) in [4.78, 5) is 16.0. The monoisotopic (exact) mass is 336 g/mol. The fourth-order valence-electron chi connectivity index (χ4n) is 1.93. The number of benzene rings is 1. The van der Waals surface area contributed by atoms with Gasteiger partial charge in [-0.25, -0.2) is 4.98 Å². The maximum absolute atomic E-state index is 11.8. The molecule has 2 aromatic rings. The number of nitrogens with zero attached hydrogens (tertiary/aromatic N) is 1. The van der Waals surface area contributed by atoms with Gasteiger partial charge in [0.05, 0.1) is 16.5 Å². The topological polar surface area (TPSA) is 68.0 Å². The van der Waals surface area contributed by atoms with Crippen LogP contribution in [-0.4, -0.2) is 10.9 Å². The Morgan fingerprint density at radius 3 is 2.73 bits per heavy atom. The Kier molecular flexibility index (Phi) is 5.63. The smallest absolute Gasteiger partial charge is 0.224 e. The Labute approximate surface area is 139 Å². The zero-order valence-corrected chi connectivity index (χ0v) is 13.6. The van der Waals surface area contributed by atoms with Gasteiger partial charge in [0.2, 0.25) is 5.91 Å². The third-order valence-corrected chi connectivity index (χ3v) is 3.92. The summed E-state index contributed by atoms with van der Waals surface area (Å²) in [5.74, 6) is 0.320. The van der Waals surface area contributed by atoms with Gasteiger partial charge in [-0.3, -0.25) is 4.79 Å². The highest BCUT2D eigenvalue weighted by Crippen LogP contribution is 2.23. The van der Waals surface area contributed by atoms with Gasteiger partial charge < -0.3 is 11.1 Å². The Bertz CT molecular complexity index is 689. The molecule has 1 aromatic heterocycles. The SMILES string of the molecule is Cc1nc(N)ccc1CNC(=O)[CH]Cc1ccc(Cl)c(Cl)c1. The Balaban J connectivity index is 1.84. The van der Waals surface area contributed by atoms with Crippen molar-refractivity contribution in [1.29, 1.82) is 0 Å². The van der Waals surface area contributed by atoms with Crippen LogP contribution < -0.4 is 11.1 Å². The molecule has 22 heavy (non-hydrogen) atoms. The van der Waals surface area contributed by atoms with E-state index < -0.39 is 0 Å². The molecule has 0 aliphatic carbocycles. The minimum Gasteiger partial charge on any atom is -0.384 e. The minimum atomic E-state index is -0.151. The first kappa shape index (κ1) is 16.6. The highest BCUT2D eigenvalue weighted by Gasteiger charge is 2.06. The molecule has 1 aromatic carbocycles. The van der Waals surface area contributed by atoms with E-state index in [-0.39, 0.29) is 5.91 Å². The molecule has 1 heterocycles. The van der Waals surface area contributed by atoms with Gasteiger partial charge in [0.25, 0.3) is 0 Å². The van der Waals surface area contributed by atoms with Gasteiger partial charge in [0.1, 0.15) is 5.82 Å². The van der Waals surface area contributed by atoms with Crippen LogP contribution in [0.3, 0.4) is 0 Å². The molecule has 0 saturated carbocycles. The summed E-state index contributed by atoms with van der Waals surface area (Å²) in [7, 11) is 0. The lowest BCUT2D eigenvalue weighted by Crippen LogP contribution is -2.24. The fraction of sp³-hybridized carbons (Fsp3) is 0.188. The van der Waals surface area contributed by atoms with Crippen molar-refractivity contribution in [2.75, 3.05) is 5.73 Å². The van der Waals surface area contributed by atoms with Gasteiger partial charge in [-0.05, 0) is 42.7 Å². The molecule has 3 N–H and O–H groups in total. The number of anilines is 1. The van der Waals surface area contributed by atoms with Crippen molar-refractivity contribution in [1.82, 2.24) is 10.3 Å². The normalized spacial score (nSPS) is 10.5. The maximum Gasteiger partial charge on any atom is 0.224 e. The lowest BCUT2D eigenvalue weighted by Gasteiger charge is -2.08. The number of hydrogen-bond acceptors (Lipinski definition) is 3. The van der Waals surface area contributed by atoms with Crippen LogP contribution in [0.5, 0.6) is 0 Å². The van der Waals surface area contributed by atoms with Crippen molar-refractivity contribution in [2.24, 2.45) is 0 Å². The number of nitrogens with one attached hydrogen (secondary N) is 1. The molecule has 1 radical (unpaired) electrons. The fourth-order valence-corrected chi connectivity index (χ4v) is 2.25. The Hall–Kier alpha value is -1.78. The van der Waals surface area contributed by atoms with Crippen molar-refractivity contribution in [3.8, 4) is 0 Å². The van der Waals surface area contributed by atoms with E-state index in [1.165, 1.54) is 0 Å². The zero-order valence-electron chi connectivity index (χ0n) is 12.1. The second kappa shape index (κ2) is 7.47. The summed E-state index contributed by atoms with van der Waals surface area (Å²) in [6, 6.07) is 8.88. The molecule has 0 atom stereocenters. The summed E-state index contributed by atoms with van der Waals surface area (Å²) in [6.45, 7) is 2.27. The van der Waals surface area contributed by atoms with Crippen LogP contribution in [0.15, 0.2) is 30.3 Å². The summed E-state index contributed by atoms with van der Waals surface area (Å²) >= 11 is 11.8. The highest BCUT2D eigenvalue weighted by molar-refractivity contribution is 6.42. The summed E-state index contributed by atoms with van der Waals surface area (Å²) in [5, 5.41) is 3.81. The number of aryl methyl sites for hydroxylation is 1. The number of pyridine rings is 1. The molecule has 2 rings (SSSR count). The Morgan fingerprint density at radius 2 is 2.05 bits per heavy atom. The van der Waals surface area contributed by atoms with Crippen LogP contribution in [0.2, 0.25) is 10.0 Å². The van der Waals surface area contributed by atoms with Gasteiger partial charge in [0, 0.05) is 12.2 Å². The van der Waals surface area contributed by atoms with Crippen LogP contribution >= 0.6 is 23.2 Å². The number of rotatable bonds is 5. The number of nitrogens with two attached hydrogens (primary N) is 1. The van der Waals surface area contributed by atoms with Crippen LogP contribution in [0.25, 0.3) is 0 Å². The number of halogens is 2. The third-order valence-electron chi connectivity index (χ3n) is 3.18. The van der Waals surface area contributed by atoms with E-state index >= 15 is 0 Å². The van der Waals surface area contributed by atoms with Gasteiger partial charge in [-0.1, -0.05) is 35.3 Å². The van der Waals surface area contributed by atoms with Crippen LogP contribution in [-0.2, 0) is 17.8 Å². The van der Waals surface area contributed by atoms with E-state index in [4.69, 9.17) is 28.9 Å². The summed E-state index contributed by atoms with van der Waals surface area (Å²) in [5.41, 5.74) is 8.26. The van der Waals surface area contributed by atoms with Crippen molar-refractivity contribution in [2.45, 2.75) is 19.9 Å². The lowest BCUT2D eigenvalue weighted by molar-refractivity contribution is -0.118. The van der Waals surface area contributed by atoms with Crippen LogP contribution in [0.1, 0.15) is 16.8 Å². The van der Waals surface area contributed by atoms with E-state index in [9.17, 15) is 4.79 Å². The maximum atomic E-state index is 11.8. The second-order valence-electron chi connectivity index (χ2n) is 4.86. The Morgan fingerprint density at radius 1 is 1.27 bits per heavy atom. The molecule has 0 spiro atoms. The first-order chi connectivity index (χ1) is 10.5. The van der Waals surface area contributed by atoms with Crippen molar-refractivity contribution >= 4 is 34.9 Å². The number of carbonyl (C=O) groups excluding carboxylic acids is 1. The first-order valence-electron chi connectivity index (χ1n) is 6.72. The molecule has 0 fully saturated rings.